The lowest BCUT2D eigenvalue weighted by molar-refractivity contribution is -0.0520. The van der Waals surface area contributed by atoms with E-state index in [1.54, 1.807) is 42.0 Å². The first-order valence-corrected chi connectivity index (χ1v) is 9.53. The molecule has 2 rings (SSSR count). The van der Waals surface area contributed by atoms with Gasteiger partial charge in [0, 0.05) is 17.0 Å². The molecule has 0 fully saturated rings. The summed E-state index contributed by atoms with van der Waals surface area (Å²) >= 11 is 1.56. The molecule has 0 aliphatic heterocycles. The molecule has 0 saturated heterocycles. The highest BCUT2D eigenvalue weighted by molar-refractivity contribution is 14.0. The van der Waals surface area contributed by atoms with Crippen molar-refractivity contribution >= 4 is 41.3 Å². The van der Waals surface area contributed by atoms with E-state index in [4.69, 9.17) is 4.74 Å². The number of aryl methyl sites for hydroxylation is 1. The average Bonchev–Trinajstić information content (AvgIpc) is 3.04. The van der Waals surface area contributed by atoms with Crippen molar-refractivity contribution in [2.75, 3.05) is 13.2 Å². The number of ether oxygens (including phenoxy) is 2. The van der Waals surface area contributed by atoms with Crippen LogP contribution in [-0.2, 0) is 13.1 Å². The van der Waals surface area contributed by atoms with Crippen molar-refractivity contribution in [3.8, 4) is 11.5 Å². The molecular formula is C18H25F2IN4O2S. The minimum atomic E-state index is -2.94. The molecule has 0 radical (unpaired) electrons. The second kappa shape index (κ2) is 12.7. The molecule has 0 unspecified atom stereocenters. The fourth-order valence-corrected chi connectivity index (χ4v) is 3.06. The number of alkyl halides is 2. The van der Waals surface area contributed by atoms with Gasteiger partial charge in [-0.2, -0.15) is 8.78 Å². The zero-order chi connectivity index (χ0) is 19.6. The Labute approximate surface area is 184 Å². The van der Waals surface area contributed by atoms with Crippen LogP contribution in [0.2, 0.25) is 0 Å². The molecule has 1 heterocycles. The number of nitrogens with one attached hydrogen (secondary N) is 2. The zero-order valence-electron chi connectivity index (χ0n) is 16.0. The van der Waals surface area contributed by atoms with Gasteiger partial charge in [0.15, 0.2) is 17.5 Å². The second-order valence-electron chi connectivity index (χ2n) is 5.47. The Morgan fingerprint density at radius 1 is 1.29 bits per heavy atom. The first-order valence-electron chi connectivity index (χ1n) is 8.65. The fraction of sp³-hybridized carbons (Fsp3) is 0.444. The van der Waals surface area contributed by atoms with Crippen molar-refractivity contribution in [1.82, 2.24) is 15.6 Å². The summed E-state index contributed by atoms with van der Waals surface area (Å²) in [6, 6.07) is 5.03. The third-order valence-electron chi connectivity index (χ3n) is 3.58. The summed E-state index contributed by atoms with van der Waals surface area (Å²) in [4.78, 5) is 9.81. The standard InChI is InChI=1S/C18H24F2N4O2S.HI/c1-4-21-18(23-10-15-12(3)24-11-27-15)22-9-13-7-6-8-14(25-5-2)16(13)26-17(19)20;/h6-8,11,17H,4-5,9-10H2,1-3H3,(H2,21,22,23);1H. The van der Waals surface area contributed by atoms with Crippen LogP contribution in [0.5, 0.6) is 11.5 Å². The summed E-state index contributed by atoms with van der Waals surface area (Å²) in [6.45, 7) is 4.53. The van der Waals surface area contributed by atoms with Gasteiger partial charge < -0.3 is 20.1 Å². The van der Waals surface area contributed by atoms with Crippen LogP contribution < -0.4 is 20.1 Å². The number of guanidine groups is 1. The summed E-state index contributed by atoms with van der Waals surface area (Å²) in [5.74, 6) is 0.881. The van der Waals surface area contributed by atoms with E-state index in [1.165, 1.54) is 0 Å². The number of benzene rings is 1. The van der Waals surface area contributed by atoms with Crippen molar-refractivity contribution in [2.45, 2.75) is 40.5 Å². The predicted molar refractivity (Wildman–Crippen MR) is 118 cm³/mol. The van der Waals surface area contributed by atoms with E-state index in [0.717, 1.165) is 10.6 Å². The van der Waals surface area contributed by atoms with Gasteiger partial charge in [0.05, 0.1) is 30.9 Å². The molecular weight excluding hydrogens is 501 g/mol. The molecule has 0 bridgehead atoms. The van der Waals surface area contributed by atoms with Gasteiger partial charge in [-0.1, -0.05) is 12.1 Å². The molecule has 0 aliphatic rings. The zero-order valence-corrected chi connectivity index (χ0v) is 19.1. The van der Waals surface area contributed by atoms with Crippen LogP contribution in [0, 0.1) is 6.92 Å². The van der Waals surface area contributed by atoms with Crippen LogP contribution in [0.1, 0.15) is 30.0 Å². The van der Waals surface area contributed by atoms with Crippen LogP contribution in [0.3, 0.4) is 0 Å². The van der Waals surface area contributed by atoms with Crippen LogP contribution >= 0.6 is 35.3 Å². The lowest BCUT2D eigenvalue weighted by Crippen LogP contribution is -2.36. The Bertz CT molecular complexity index is 759. The number of nitrogens with zero attached hydrogens (tertiary/aromatic N) is 2. The largest absolute Gasteiger partial charge is 0.490 e. The third-order valence-corrected chi connectivity index (χ3v) is 4.52. The van der Waals surface area contributed by atoms with Crippen LogP contribution in [0.25, 0.3) is 0 Å². The molecule has 2 aromatic rings. The third kappa shape index (κ3) is 7.38. The number of hydrogen-bond acceptors (Lipinski definition) is 5. The van der Waals surface area contributed by atoms with Gasteiger partial charge in [0.1, 0.15) is 0 Å². The van der Waals surface area contributed by atoms with Gasteiger partial charge in [-0.15, -0.1) is 35.3 Å². The van der Waals surface area contributed by atoms with Crippen molar-refractivity contribution in [2.24, 2.45) is 4.99 Å². The van der Waals surface area contributed by atoms with Crippen LogP contribution in [0.15, 0.2) is 28.7 Å². The Morgan fingerprint density at radius 2 is 2.07 bits per heavy atom. The van der Waals surface area contributed by atoms with E-state index >= 15 is 0 Å². The summed E-state index contributed by atoms with van der Waals surface area (Å²) in [5.41, 5.74) is 3.29. The number of para-hydroxylation sites is 1. The molecule has 1 aromatic heterocycles. The number of halogens is 3. The molecule has 0 amide bonds. The average molecular weight is 526 g/mol. The molecule has 0 spiro atoms. The Morgan fingerprint density at radius 3 is 2.68 bits per heavy atom. The monoisotopic (exact) mass is 526 g/mol. The smallest absolute Gasteiger partial charge is 0.387 e. The molecule has 2 N–H and O–H groups in total. The maximum absolute atomic E-state index is 12.8. The molecule has 6 nitrogen and oxygen atoms in total. The number of rotatable bonds is 9. The Kier molecular flexibility index (Phi) is 11.0. The van der Waals surface area contributed by atoms with E-state index in [-0.39, 0.29) is 42.0 Å². The molecule has 1 aromatic carbocycles. The van der Waals surface area contributed by atoms with Crippen molar-refractivity contribution in [1.29, 1.82) is 0 Å². The lowest BCUT2D eigenvalue weighted by Gasteiger charge is -2.15. The lowest BCUT2D eigenvalue weighted by atomic mass is 10.2. The van der Waals surface area contributed by atoms with E-state index in [1.807, 2.05) is 13.8 Å². The summed E-state index contributed by atoms with van der Waals surface area (Å²) < 4.78 is 35.7. The van der Waals surface area contributed by atoms with Gasteiger partial charge in [0.2, 0.25) is 0 Å². The van der Waals surface area contributed by atoms with E-state index in [2.05, 4.69) is 25.3 Å². The highest BCUT2D eigenvalue weighted by Gasteiger charge is 2.15. The van der Waals surface area contributed by atoms with E-state index in [0.29, 0.717) is 31.2 Å². The number of thiazole rings is 1. The maximum atomic E-state index is 12.8. The second-order valence-corrected chi connectivity index (χ2v) is 6.40. The molecule has 0 saturated carbocycles. The van der Waals surface area contributed by atoms with Gasteiger partial charge in [0.25, 0.3) is 0 Å². The molecule has 10 heteroatoms. The molecule has 28 heavy (non-hydrogen) atoms. The maximum Gasteiger partial charge on any atom is 0.387 e. The fourth-order valence-electron chi connectivity index (χ4n) is 2.34. The van der Waals surface area contributed by atoms with Crippen LogP contribution in [0.4, 0.5) is 8.78 Å². The highest BCUT2D eigenvalue weighted by Crippen LogP contribution is 2.33. The van der Waals surface area contributed by atoms with Gasteiger partial charge in [-0.25, -0.2) is 9.98 Å². The SMILES string of the molecule is CCNC(=NCc1cccc(OCC)c1OC(F)F)NCc1scnc1C.I. The molecule has 156 valence electrons. The topological polar surface area (TPSA) is 67.8 Å². The van der Waals surface area contributed by atoms with Gasteiger partial charge in [-0.3, -0.25) is 0 Å². The van der Waals surface area contributed by atoms with E-state index in [9.17, 15) is 8.78 Å². The van der Waals surface area contributed by atoms with Crippen molar-refractivity contribution < 1.29 is 18.3 Å². The number of aliphatic imine (C=N–C) groups is 1. The van der Waals surface area contributed by atoms with E-state index < -0.39 is 6.61 Å². The predicted octanol–water partition coefficient (Wildman–Crippen LogP) is 4.32. The summed E-state index contributed by atoms with van der Waals surface area (Å²) in [7, 11) is 0. The summed E-state index contributed by atoms with van der Waals surface area (Å²) in [6.07, 6.45) is 0. The minimum Gasteiger partial charge on any atom is -0.490 e. The number of aromatic nitrogens is 1. The highest BCUT2D eigenvalue weighted by atomic mass is 127. The van der Waals surface area contributed by atoms with Gasteiger partial charge >= 0.3 is 6.61 Å². The first-order chi connectivity index (χ1) is 13.0. The van der Waals surface area contributed by atoms with Gasteiger partial charge in [-0.05, 0) is 26.8 Å². The Balaban J connectivity index is 0.00000392. The molecule has 0 atom stereocenters. The summed E-state index contributed by atoms with van der Waals surface area (Å²) in [5, 5.41) is 6.36. The van der Waals surface area contributed by atoms with Crippen molar-refractivity contribution in [3.05, 3.63) is 39.8 Å². The first kappa shape index (κ1) is 24.3. The normalized spacial score (nSPS) is 11.1. The van der Waals surface area contributed by atoms with Crippen LogP contribution in [-0.4, -0.2) is 30.7 Å². The van der Waals surface area contributed by atoms with Crippen molar-refractivity contribution in [3.63, 3.8) is 0 Å². The quantitative estimate of drug-likeness (QED) is 0.290. The molecule has 0 aliphatic carbocycles. The minimum absolute atomic E-state index is 0. The number of hydrogen-bond donors (Lipinski definition) is 2. The Hall–Kier alpha value is -1.69.